The normalized spacial score (nSPS) is 12.1. The molecule has 3 nitrogen and oxygen atoms in total. The summed E-state index contributed by atoms with van der Waals surface area (Å²) in [4.78, 5) is 2.35. The van der Waals surface area contributed by atoms with Gasteiger partial charge in [0.2, 0.25) is 0 Å². The summed E-state index contributed by atoms with van der Waals surface area (Å²) < 4.78 is 0. The third kappa shape index (κ3) is 5.52. The van der Waals surface area contributed by atoms with E-state index in [4.69, 9.17) is 5.73 Å². The molecule has 0 saturated heterocycles. The van der Waals surface area contributed by atoms with Crippen LogP contribution in [0.25, 0.3) is 0 Å². The first-order chi connectivity index (χ1) is 8.42. The number of anilines is 1. The van der Waals surface area contributed by atoms with Gasteiger partial charge in [-0.2, -0.15) is 0 Å². The van der Waals surface area contributed by atoms with Crippen molar-refractivity contribution < 1.29 is 5.11 Å². The van der Waals surface area contributed by atoms with Crippen molar-refractivity contribution >= 4 is 5.69 Å². The van der Waals surface area contributed by atoms with Crippen LogP contribution >= 0.6 is 0 Å². The highest BCUT2D eigenvalue weighted by molar-refractivity contribution is 5.46. The highest BCUT2D eigenvalue weighted by Gasteiger charge is 2.15. The fraction of sp³-hybridized carbons (Fsp3) is 0.600. The lowest BCUT2D eigenvalue weighted by Gasteiger charge is -2.26. The minimum Gasteiger partial charge on any atom is -0.398 e. The monoisotopic (exact) mass is 250 g/mol. The van der Waals surface area contributed by atoms with Gasteiger partial charge in [0.05, 0.1) is 5.60 Å². The molecule has 18 heavy (non-hydrogen) atoms. The third-order valence-electron chi connectivity index (χ3n) is 3.03. The lowest BCUT2D eigenvalue weighted by Crippen LogP contribution is -2.31. The van der Waals surface area contributed by atoms with Crippen molar-refractivity contribution in [1.82, 2.24) is 4.90 Å². The predicted octanol–water partition coefficient (Wildman–Crippen LogP) is 2.64. The maximum atomic E-state index is 9.80. The van der Waals surface area contributed by atoms with Crippen LogP contribution in [0.1, 0.15) is 39.2 Å². The Labute approximate surface area is 111 Å². The van der Waals surface area contributed by atoms with Gasteiger partial charge in [-0.15, -0.1) is 0 Å². The smallest absolute Gasteiger partial charge is 0.0603 e. The topological polar surface area (TPSA) is 49.5 Å². The van der Waals surface area contributed by atoms with Crippen LogP contribution in [0.2, 0.25) is 0 Å². The molecule has 0 fully saturated rings. The van der Waals surface area contributed by atoms with E-state index in [9.17, 15) is 5.11 Å². The second-order valence-electron chi connectivity index (χ2n) is 5.54. The minimum atomic E-state index is -0.603. The number of nitrogens with zero attached hydrogens (tertiary/aromatic N) is 1. The number of aliphatic hydroxyl groups is 1. The average molecular weight is 250 g/mol. The van der Waals surface area contributed by atoms with Crippen molar-refractivity contribution in [3.05, 3.63) is 29.8 Å². The molecule has 0 saturated carbocycles. The summed E-state index contributed by atoms with van der Waals surface area (Å²) in [5.41, 5.74) is 7.39. The number of nitrogen functional groups attached to an aromatic ring is 1. The van der Waals surface area contributed by atoms with Crippen molar-refractivity contribution in [2.75, 3.05) is 18.8 Å². The van der Waals surface area contributed by atoms with Crippen LogP contribution in [0.5, 0.6) is 0 Å². The van der Waals surface area contributed by atoms with Crippen molar-refractivity contribution in [3.63, 3.8) is 0 Å². The molecule has 0 aliphatic carbocycles. The van der Waals surface area contributed by atoms with Gasteiger partial charge in [0.25, 0.3) is 0 Å². The van der Waals surface area contributed by atoms with Gasteiger partial charge in [0.15, 0.2) is 0 Å². The minimum absolute atomic E-state index is 0.603. The molecule has 1 rings (SSSR count). The summed E-state index contributed by atoms with van der Waals surface area (Å²) in [6, 6.07) is 7.99. The van der Waals surface area contributed by atoms with Crippen LogP contribution in [-0.4, -0.2) is 28.7 Å². The Hall–Kier alpha value is -1.06. The molecule has 0 amide bonds. The van der Waals surface area contributed by atoms with Crippen LogP contribution in [0.15, 0.2) is 24.3 Å². The predicted molar refractivity (Wildman–Crippen MR) is 77.3 cm³/mol. The van der Waals surface area contributed by atoms with E-state index in [1.165, 1.54) is 5.56 Å². The highest BCUT2D eigenvalue weighted by Crippen LogP contribution is 2.15. The second kappa shape index (κ2) is 6.76. The van der Waals surface area contributed by atoms with E-state index in [0.29, 0.717) is 0 Å². The zero-order chi connectivity index (χ0) is 13.6. The Bertz CT molecular complexity index is 358. The summed E-state index contributed by atoms with van der Waals surface area (Å²) in [5.74, 6) is 0. The van der Waals surface area contributed by atoms with E-state index in [1.54, 1.807) is 0 Å². The highest BCUT2D eigenvalue weighted by atomic mass is 16.3. The van der Waals surface area contributed by atoms with Crippen LogP contribution in [0.3, 0.4) is 0 Å². The SMILES string of the molecule is CCCN(CCC(C)(C)O)Cc1ccccc1N. The summed E-state index contributed by atoms with van der Waals surface area (Å²) in [6.07, 6.45) is 1.89. The molecular formula is C15H26N2O. The van der Waals surface area contributed by atoms with E-state index < -0.39 is 5.60 Å². The molecule has 0 unspecified atom stereocenters. The largest absolute Gasteiger partial charge is 0.398 e. The van der Waals surface area contributed by atoms with E-state index in [2.05, 4.69) is 17.9 Å². The zero-order valence-corrected chi connectivity index (χ0v) is 11.8. The van der Waals surface area contributed by atoms with Gasteiger partial charge in [-0.25, -0.2) is 0 Å². The second-order valence-corrected chi connectivity index (χ2v) is 5.54. The van der Waals surface area contributed by atoms with Gasteiger partial charge in [-0.1, -0.05) is 25.1 Å². The summed E-state index contributed by atoms with van der Waals surface area (Å²) in [5, 5.41) is 9.80. The molecule has 3 heteroatoms. The number of para-hydroxylation sites is 1. The summed E-state index contributed by atoms with van der Waals surface area (Å²) in [7, 11) is 0. The fourth-order valence-electron chi connectivity index (χ4n) is 1.94. The Morgan fingerprint density at radius 1 is 1.22 bits per heavy atom. The zero-order valence-electron chi connectivity index (χ0n) is 11.8. The number of benzene rings is 1. The van der Waals surface area contributed by atoms with E-state index in [-0.39, 0.29) is 0 Å². The van der Waals surface area contributed by atoms with Crippen molar-refractivity contribution in [1.29, 1.82) is 0 Å². The molecule has 102 valence electrons. The maximum absolute atomic E-state index is 9.80. The Morgan fingerprint density at radius 3 is 2.44 bits per heavy atom. The first-order valence-electron chi connectivity index (χ1n) is 6.70. The lowest BCUT2D eigenvalue weighted by atomic mass is 10.0. The van der Waals surface area contributed by atoms with Gasteiger partial charge < -0.3 is 10.8 Å². The van der Waals surface area contributed by atoms with Crippen molar-refractivity contribution in [2.45, 2.75) is 45.8 Å². The quantitative estimate of drug-likeness (QED) is 0.731. The van der Waals surface area contributed by atoms with E-state index >= 15 is 0 Å². The van der Waals surface area contributed by atoms with Crippen LogP contribution in [-0.2, 0) is 6.54 Å². The molecule has 0 aromatic heterocycles. The number of nitrogens with two attached hydrogens (primary N) is 1. The van der Waals surface area contributed by atoms with E-state index in [0.717, 1.165) is 38.2 Å². The Morgan fingerprint density at radius 2 is 1.89 bits per heavy atom. The molecule has 0 radical (unpaired) electrons. The number of hydrogen-bond donors (Lipinski definition) is 2. The van der Waals surface area contributed by atoms with Gasteiger partial charge in [-0.05, 0) is 44.9 Å². The molecule has 1 aromatic carbocycles. The standard InChI is InChI=1S/C15H26N2O/c1-4-10-17(11-9-15(2,3)18)12-13-7-5-6-8-14(13)16/h5-8,18H,4,9-12,16H2,1-3H3. The van der Waals surface area contributed by atoms with Crippen LogP contribution in [0.4, 0.5) is 5.69 Å². The molecule has 0 heterocycles. The van der Waals surface area contributed by atoms with Gasteiger partial charge >= 0.3 is 0 Å². The van der Waals surface area contributed by atoms with E-state index in [1.807, 2.05) is 32.0 Å². The number of rotatable bonds is 7. The molecule has 1 aromatic rings. The molecule has 0 aliphatic heterocycles. The Balaban J connectivity index is 2.60. The van der Waals surface area contributed by atoms with Gasteiger partial charge in [-0.3, -0.25) is 4.90 Å². The maximum Gasteiger partial charge on any atom is 0.0603 e. The van der Waals surface area contributed by atoms with Crippen LogP contribution < -0.4 is 5.73 Å². The molecule has 3 N–H and O–H groups in total. The molecule has 0 atom stereocenters. The summed E-state index contributed by atoms with van der Waals surface area (Å²) >= 11 is 0. The average Bonchev–Trinajstić information content (AvgIpc) is 2.28. The number of hydrogen-bond acceptors (Lipinski definition) is 3. The third-order valence-corrected chi connectivity index (χ3v) is 3.03. The van der Waals surface area contributed by atoms with Gasteiger partial charge in [0, 0.05) is 18.8 Å². The van der Waals surface area contributed by atoms with Crippen molar-refractivity contribution in [3.8, 4) is 0 Å². The van der Waals surface area contributed by atoms with Gasteiger partial charge in [0.1, 0.15) is 0 Å². The Kier molecular flexibility index (Phi) is 5.63. The lowest BCUT2D eigenvalue weighted by molar-refractivity contribution is 0.0565. The first-order valence-corrected chi connectivity index (χ1v) is 6.70. The molecule has 0 bridgehead atoms. The molecular weight excluding hydrogens is 224 g/mol. The molecule has 0 aliphatic rings. The summed E-state index contributed by atoms with van der Waals surface area (Å²) in [6.45, 7) is 8.67. The fourth-order valence-corrected chi connectivity index (χ4v) is 1.94. The van der Waals surface area contributed by atoms with Crippen molar-refractivity contribution in [2.24, 2.45) is 0 Å². The van der Waals surface area contributed by atoms with Crippen LogP contribution in [0, 0.1) is 0 Å². The molecule has 0 spiro atoms. The first kappa shape index (κ1) is 15.0.